The average molecular weight is 303 g/mol. The molecule has 0 fully saturated rings. The lowest BCUT2D eigenvalue weighted by Crippen LogP contribution is -2.48. The lowest BCUT2D eigenvalue weighted by Gasteiger charge is -2.22. The van der Waals surface area contributed by atoms with Gasteiger partial charge >= 0.3 is 0 Å². The number of carbonyl (C=O) groups is 3. The van der Waals surface area contributed by atoms with Gasteiger partial charge in [-0.2, -0.15) is 0 Å². The smallest absolute Gasteiger partial charge is 0.251 e. The number of hydrogen-bond donors (Lipinski definition) is 3. The zero-order valence-electron chi connectivity index (χ0n) is 12.8. The molecule has 1 aromatic carbocycles. The van der Waals surface area contributed by atoms with Crippen molar-refractivity contribution < 1.29 is 14.4 Å². The molecule has 0 aliphatic carbocycles. The fraction of sp³-hybridized carbons (Fsp3) is 0.438. The number of hydrogen-bond acceptors (Lipinski definition) is 3. The standard InChI is InChI=1S/C16H21N3O3/c1-3-9(2)14(15(17)21)19-16(22)11-4-6-12-10(8-11)5-7-13(20)18-12/h4,6,8-9,14H,3,5,7H2,1-2H3,(H2,17,21)(H,18,20)(H,19,22). The molecule has 2 rings (SSSR count). The zero-order chi connectivity index (χ0) is 16.3. The maximum absolute atomic E-state index is 12.3. The minimum Gasteiger partial charge on any atom is -0.368 e. The van der Waals surface area contributed by atoms with E-state index in [4.69, 9.17) is 5.73 Å². The molecule has 1 aromatic rings. The molecule has 3 amide bonds. The molecule has 1 heterocycles. The SMILES string of the molecule is CCC(C)C(NC(=O)c1ccc2c(c1)CCC(=O)N2)C(N)=O. The third kappa shape index (κ3) is 3.44. The van der Waals surface area contributed by atoms with Crippen LogP contribution in [0.25, 0.3) is 0 Å². The summed E-state index contributed by atoms with van der Waals surface area (Å²) in [5, 5.41) is 5.47. The maximum Gasteiger partial charge on any atom is 0.251 e. The van der Waals surface area contributed by atoms with Crippen molar-refractivity contribution in [3.63, 3.8) is 0 Å². The van der Waals surface area contributed by atoms with E-state index in [9.17, 15) is 14.4 Å². The average Bonchev–Trinajstić information content (AvgIpc) is 2.50. The van der Waals surface area contributed by atoms with Crippen molar-refractivity contribution >= 4 is 23.4 Å². The summed E-state index contributed by atoms with van der Waals surface area (Å²) in [5.74, 6) is -0.912. The second-order valence-electron chi connectivity index (χ2n) is 5.66. The van der Waals surface area contributed by atoms with Crippen LogP contribution in [-0.2, 0) is 16.0 Å². The van der Waals surface area contributed by atoms with Crippen LogP contribution in [0.4, 0.5) is 5.69 Å². The van der Waals surface area contributed by atoms with E-state index in [1.165, 1.54) is 0 Å². The summed E-state index contributed by atoms with van der Waals surface area (Å²) in [6.07, 6.45) is 1.76. The van der Waals surface area contributed by atoms with Crippen molar-refractivity contribution in [1.82, 2.24) is 5.32 Å². The van der Waals surface area contributed by atoms with E-state index in [0.29, 0.717) is 18.4 Å². The number of carbonyl (C=O) groups excluding carboxylic acids is 3. The van der Waals surface area contributed by atoms with Crippen LogP contribution in [0.2, 0.25) is 0 Å². The van der Waals surface area contributed by atoms with Crippen LogP contribution in [0.5, 0.6) is 0 Å². The van der Waals surface area contributed by atoms with Crippen molar-refractivity contribution in [1.29, 1.82) is 0 Å². The molecule has 22 heavy (non-hydrogen) atoms. The van der Waals surface area contributed by atoms with E-state index >= 15 is 0 Å². The number of nitrogens with two attached hydrogens (primary N) is 1. The van der Waals surface area contributed by atoms with Crippen LogP contribution in [0.15, 0.2) is 18.2 Å². The molecule has 0 spiro atoms. The number of fused-ring (bicyclic) bond motifs is 1. The first-order chi connectivity index (χ1) is 10.4. The molecule has 6 heteroatoms. The molecular formula is C16H21N3O3. The molecule has 0 saturated heterocycles. The monoisotopic (exact) mass is 303 g/mol. The fourth-order valence-corrected chi connectivity index (χ4v) is 2.48. The van der Waals surface area contributed by atoms with Crippen LogP contribution in [0.3, 0.4) is 0 Å². The van der Waals surface area contributed by atoms with Gasteiger partial charge in [-0.15, -0.1) is 0 Å². The largest absolute Gasteiger partial charge is 0.368 e. The van der Waals surface area contributed by atoms with Crippen molar-refractivity contribution in [2.45, 2.75) is 39.2 Å². The van der Waals surface area contributed by atoms with Crippen LogP contribution in [0.1, 0.15) is 42.6 Å². The molecule has 0 aromatic heterocycles. The highest BCUT2D eigenvalue weighted by atomic mass is 16.2. The van der Waals surface area contributed by atoms with E-state index < -0.39 is 11.9 Å². The second kappa shape index (κ2) is 6.60. The molecule has 0 bridgehead atoms. The minimum atomic E-state index is -0.687. The Morgan fingerprint density at radius 1 is 1.36 bits per heavy atom. The summed E-state index contributed by atoms with van der Waals surface area (Å²) in [5.41, 5.74) is 7.49. The predicted octanol–water partition coefficient (Wildman–Crippen LogP) is 1.20. The van der Waals surface area contributed by atoms with E-state index in [2.05, 4.69) is 10.6 Å². The van der Waals surface area contributed by atoms with Crippen LogP contribution in [-0.4, -0.2) is 23.8 Å². The number of benzene rings is 1. The summed E-state index contributed by atoms with van der Waals surface area (Å²) in [7, 11) is 0. The number of aryl methyl sites for hydroxylation is 1. The molecule has 2 atom stereocenters. The lowest BCUT2D eigenvalue weighted by molar-refractivity contribution is -0.121. The van der Waals surface area contributed by atoms with Crippen molar-refractivity contribution in [3.05, 3.63) is 29.3 Å². The topological polar surface area (TPSA) is 101 Å². The number of primary amides is 1. The van der Waals surface area contributed by atoms with E-state index in [1.54, 1.807) is 18.2 Å². The van der Waals surface area contributed by atoms with Crippen LogP contribution >= 0.6 is 0 Å². The Morgan fingerprint density at radius 3 is 2.73 bits per heavy atom. The van der Waals surface area contributed by atoms with Crippen molar-refractivity contribution in [2.24, 2.45) is 11.7 Å². The van der Waals surface area contributed by atoms with Gasteiger partial charge in [0.2, 0.25) is 11.8 Å². The Kier molecular flexibility index (Phi) is 4.80. The summed E-state index contributed by atoms with van der Waals surface area (Å²) in [6.45, 7) is 3.81. The molecule has 4 N–H and O–H groups in total. The molecular weight excluding hydrogens is 282 g/mol. The summed E-state index contributed by atoms with van der Waals surface area (Å²) >= 11 is 0. The number of anilines is 1. The molecule has 6 nitrogen and oxygen atoms in total. The van der Waals surface area contributed by atoms with Gasteiger partial charge in [-0.25, -0.2) is 0 Å². The maximum atomic E-state index is 12.3. The highest BCUT2D eigenvalue weighted by molar-refractivity contribution is 5.99. The summed E-state index contributed by atoms with van der Waals surface area (Å²) in [4.78, 5) is 35.2. The number of nitrogens with one attached hydrogen (secondary N) is 2. The van der Waals surface area contributed by atoms with E-state index in [-0.39, 0.29) is 17.7 Å². The van der Waals surface area contributed by atoms with E-state index in [1.807, 2.05) is 13.8 Å². The van der Waals surface area contributed by atoms with Gasteiger partial charge in [-0.3, -0.25) is 14.4 Å². The van der Waals surface area contributed by atoms with Gasteiger partial charge < -0.3 is 16.4 Å². The number of amides is 3. The Labute approximate surface area is 129 Å². The molecule has 1 aliphatic rings. The first-order valence-corrected chi connectivity index (χ1v) is 7.45. The van der Waals surface area contributed by atoms with Gasteiger partial charge in [0.25, 0.3) is 5.91 Å². The zero-order valence-corrected chi connectivity index (χ0v) is 12.8. The third-order valence-electron chi connectivity index (χ3n) is 4.07. The van der Waals surface area contributed by atoms with Crippen LogP contribution < -0.4 is 16.4 Å². The van der Waals surface area contributed by atoms with Crippen molar-refractivity contribution in [3.8, 4) is 0 Å². The highest BCUT2D eigenvalue weighted by Gasteiger charge is 2.24. The normalized spacial score (nSPS) is 16.2. The second-order valence-corrected chi connectivity index (χ2v) is 5.66. The molecule has 2 unspecified atom stereocenters. The third-order valence-corrected chi connectivity index (χ3v) is 4.07. The van der Waals surface area contributed by atoms with Gasteiger partial charge in [0, 0.05) is 17.7 Å². The van der Waals surface area contributed by atoms with E-state index in [0.717, 1.165) is 17.7 Å². The Bertz CT molecular complexity index is 613. The molecule has 1 aliphatic heterocycles. The quantitative estimate of drug-likeness (QED) is 0.761. The van der Waals surface area contributed by atoms with Gasteiger partial charge in [0.05, 0.1) is 0 Å². The van der Waals surface area contributed by atoms with Gasteiger partial charge in [-0.05, 0) is 36.1 Å². The predicted molar refractivity (Wildman–Crippen MR) is 83.3 cm³/mol. The molecule has 0 radical (unpaired) electrons. The Balaban J connectivity index is 2.16. The lowest BCUT2D eigenvalue weighted by atomic mass is 9.97. The highest BCUT2D eigenvalue weighted by Crippen LogP contribution is 2.23. The Hall–Kier alpha value is -2.37. The Morgan fingerprint density at radius 2 is 2.09 bits per heavy atom. The molecule has 118 valence electrons. The van der Waals surface area contributed by atoms with Gasteiger partial charge in [-0.1, -0.05) is 20.3 Å². The van der Waals surface area contributed by atoms with Crippen molar-refractivity contribution in [2.75, 3.05) is 5.32 Å². The molecule has 0 saturated carbocycles. The van der Waals surface area contributed by atoms with Crippen LogP contribution in [0, 0.1) is 5.92 Å². The van der Waals surface area contributed by atoms with Gasteiger partial charge in [0.1, 0.15) is 6.04 Å². The minimum absolute atomic E-state index is 0.0183. The fourth-order valence-electron chi connectivity index (χ4n) is 2.48. The van der Waals surface area contributed by atoms with Gasteiger partial charge in [0.15, 0.2) is 0 Å². The first-order valence-electron chi connectivity index (χ1n) is 7.45. The number of rotatable bonds is 5. The summed E-state index contributed by atoms with van der Waals surface area (Å²) < 4.78 is 0. The first kappa shape index (κ1) is 16.0. The summed E-state index contributed by atoms with van der Waals surface area (Å²) in [6, 6.07) is 4.41.